The predicted molar refractivity (Wildman–Crippen MR) is 95.0 cm³/mol. The maximum absolute atomic E-state index is 12.4. The third-order valence-electron chi connectivity index (χ3n) is 3.71. The Bertz CT molecular complexity index is 729. The van der Waals surface area contributed by atoms with Gasteiger partial charge in [0.25, 0.3) is 0 Å². The van der Waals surface area contributed by atoms with E-state index in [0.29, 0.717) is 31.1 Å². The zero-order chi connectivity index (χ0) is 18.6. The lowest BCUT2D eigenvalue weighted by Gasteiger charge is -2.24. The fraction of sp³-hybridized carbons (Fsp3) is 0.500. The van der Waals surface area contributed by atoms with Gasteiger partial charge >= 0.3 is 6.09 Å². The van der Waals surface area contributed by atoms with E-state index in [-0.39, 0.29) is 0 Å². The molecule has 1 aliphatic rings. The van der Waals surface area contributed by atoms with Crippen LogP contribution in [0.15, 0.2) is 12.4 Å². The molecule has 2 rings (SSSR count). The zero-order valence-electron chi connectivity index (χ0n) is 15.3. The van der Waals surface area contributed by atoms with E-state index in [1.165, 1.54) is 4.90 Å². The molecule has 0 atom stereocenters. The standard InChI is InChI=1S/C18H24N4O3/c1-12-14(9-21-15(8-19)16(12)20-5)13-10-22(6-7-24-11-13)17(23)25-18(2,3)4/h9-10,20H,6-7,11H2,1-5H3. The molecule has 0 unspecified atom stereocenters. The summed E-state index contributed by atoms with van der Waals surface area (Å²) in [7, 11) is 1.75. The van der Waals surface area contributed by atoms with Crippen LogP contribution in [0.4, 0.5) is 10.5 Å². The van der Waals surface area contributed by atoms with Gasteiger partial charge < -0.3 is 14.8 Å². The van der Waals surface area contributed by atoms with Crippen LogP contribution in [0.2, 0.25) is 0 Å². The topological polar surface area (TPSA) is 87.5 Å². The third-order valence-corrected chi connectivity index (χ3v) is 3.71. The van der Waals surface area contributed by atoms with Crippen LogP contribution in [0, 0.1) is 18.3 Å². The summed E-state index contributed by atoms with van der Waals surface area (Å²) in [6.45, 7) is 8.60. The van der Waals surface area contributed by atoms with Crippen molar-refractivity contribution in [3.63, 3.8) is 0 Å². The quantitative estimate of drug-likeness (QED) is 0.887. The summed E-state index contributed by atoms with van der Waals surface area (Å²) in [6, 6.07) is 2.07. The predicted octanol–water partition coefficient (Wildman–Crippen LogP) is 2.91. The number of nitrogens with one attached hydrogen (secondary N) is 1. The number of nitrogens with zero attached hydrogens (tertiary/aromatic N) is 3. The first-order valence-electron chi connectivity index (χ1n) is 8.12. The SMILES string of the molecule is CNc1c(C#N)ncc(C2=CN(C(=O)OC(C)(C)C)CCOC2)c1C. The molecule has 1 aromatic rings. The second kappa shape index (κ2) is 7.53. The summed E-state index contributed by atoms with van der Waals surface area (Å²) in [6.07, 6.45) is 2.97. The molecule has 0 fully saturated rings. The van der Waals surface area contributed by atoms with Gasteiger partial charge in [-0.3, -0.25) is 4.90 Å². The summed E-state index contributed by atoms with van der Waals surface area (Å²) in [4.78, 5) is 18.1. The van der Waals surface area contributed by atoms with E-state index in [0.717, 1.165) is 16.7 Å². The fourth-order valence-electron chi connectivity index (χ4n) is 2.56. The van der Waals surface area contributed by atoms with E-state index in [4.69, 9.17) is 9.47 Å². The monoisotopic (exact) mass is 344 g/mol. The van der Waals surface area contributed by atoms with Gasteiger partial charge in [0.05, 0.1) is 25.4 Å². The van der Waals surface area contributed by atoms with Crippen LogP contribution in [-0.4, -0.2) is 48.4 Å². The second-order valence-electron chi connectivity index (χ2n) is 6.76. The maximum atomic E-state index is 12.4. The molecule has 7 nitrogen and oxygen atoms in total. The molecule has 0 aliphatic carbocycles. The molecule has 25 heavy (non-hydrogen) atoms. The number of aromatic nitrogens is 1. The Balaban J connectivity index is 2.40. The number of ether oxygens (including phenoxy) is 2. The minimum absolute atomic E-state index is 0.336. The van der Waals surface area contributed by atoms with Crippen molar-refractivity contribution in [1.82, 2.24) is 9.88 Å². The van der Waals surface area contributed by atoms with E-state index in [2.05, 4.69) is 16.4 Å². The highest BCUT2D eigenvalue weighted by atomic mass is 16.6. The largest absolute Gasteiger partial charge is 0.443 e. The van der Waals surface area contributed by atoms with Crippen molar-refractivity contribution in [2.24, 2.45) is 0 Å². The molecule has 0 saturated carbocycles. The lowest BCUT2D eigenvalue weighted by molar-refractivity contribution is 0.0304. The van der Waals surface area contributed by atoms with Crippen LogP contribution in [0.1, 0.15) is 37.6 Å². The Morgan fingerprint density at radius 3 is 2.80 bits per heavy atom. The number of nitriles is 1. The zero-order valence-corrected chi connectivity index (χ0v) is 15.3. The number of carbonyl (C=O) groups is 1. The molecule has 7 heteroatoms. The van der Waals surface area contributed by atoms with Crippen LogP contribution in [-0.2, 0) is 9.47 Å². The molecule has 0 aromatic carbocycles. The smallest absolute Gasteiger partial charge is 0.414 e. The highest BCUT2D eigenvalue weighted by Gasteiger charge is 2.24. The van der Waals surface area contributed by atoms with Crippen molar-refractivity contribution in [1.29, 1.82) is 5.26 Å². The van der Waals surface area contributed by atoms with E-state index in [1.807, 2.05) is 27.7 Å². The van der Waals surface area contributed by atoms with Crippen LogP contribution in [0.25, 0.3) is 5.57 Å². The van der Waals surface area contributed by atoms with E-state index < -0.39 is 11.7 Å². The summed E-state index contributed by atoms with van der Waals surface area (Å²) < 4.78 is 11.1. The first kappa shape index (κ1) is 18.7. The number of carbonyl (C=O) groups excluding carboxylic acids is 1. The summed E-state index contributed by atoms with van der Waals surface area (Å²) in [5.41, 5.74) is 2.98. The molecule has 0 saturated heterocycles. The van der Waals surface area contributed by atoms with Gasteiger partial charge in [-0.25, -0.2) is 9.78 Å². The molecule has 1 aliphatic heterocycles. The lowest BCUT2D eigenvalue weighted by atomic mass is 10.0. The second-order valence-corrected chi connectivity index (χ2v) is 6.76. The minimum atomic E-state index is -0.566. The molecular weight excluding hydrogens is 320 g/mol. The third kappa shape index (κ3) is 4.48. The van der Waals surface area contributed by atoms with E-state index in [9.17, 15) is 10.1 Å². The lowest BCUT2D eigenvalue weighted by Crippen LogP contribution is -2.34. The highest BCUT2D eigenvalue weighted by Crippen LogP contribution is 2.28. The normalized spacial score (nSPS) is 15.0. The Kier molecular flexibility index (Phi) is 5.65. The van der Waals surface area contributed by atoms with Gasteiger partial charge in [0.2, 0.25) is 0 Å². The van der Waals surface area contributed by atoms with Gasteiger partial charge in [0.1, 0.15) is 11.7 Å². The number of pyridine rings is 1. The minimum Gasteiger partial charge on any atom is -0.443 e. The first-order chi connectivity index (χ1) is 11.8. The van der Waals surface area contributed by atoms with Gasteiger partial charge in [-0.05, 0) is 33.3 Å². The number of anilines is 1. The molecule has 1 amide bonds. The van der Waals surface area contributed by atoms with Crippen LogP contribution in [0.3, 0.4) is 0 Å². The average molecular weight is 344 g/mol. The summed E-state index contributed by atoms with van der Waals surface area (Å²) in [5, 5.41) is 12.2. The molecule has 2 heterocycles. The molecule has 1 aromatic heterocycles. The van der Waals surface area contributed by atoms with Crippen molar-refractivity contribution >= 4 is 17.4 Å². The van der Waals surface area contributed by atoms with Crippen LogP contribution < -0.4 is 5.32 Å². The highest BCUT2D eigenvalue weighted by molar-refractivity contribution is 5.78. The van der Waals surface area contributed by atoms with Crippen molar-refractivity contribution in [3.05, 3.63) is 29.2 Å². The summed E-state index contributed by atoms with van der Waals surface area (Å²) in [5.74, 6) is 0. The molecule has 134 valence electrons. The molecule has 1 N–H and O–H groups in total. The molecule has 0 spiro atoms. The number of amides is 1. The van der Waals surface area contributed by atoms with Crippen molar-refractivity contribution in [2.75, 3.05) is 32.1 Å². The van der Waals surface area contributed by atoms with E-state index in [1.54, 1.807) is 19.4 Å². The number of rotatable bonds is 2. The molecule has 0 bridgehead atoms. The number of hydrogen-bond donors (Lipinski definition) is 1. The Hall–Kier alpha value is -2.59. The Morgan fingerprint density at radius 2 is 2.20 bits per heavy atom. The van der Waals surface area contributed by atoms with Crippen LogP contribution in [0.5, 0.6) is 0 Å². The Morgan fingerprint density at radius 1 is 1.48 bits per heavy atom. The summed E-state index contributed by atoms with van der Waals surface area (Å²) >= 11 is 0. The van der Waals surface area contributed by atoms with Gasteiger partial charge in [-0.2, -0.15) is 5.26 Å². The van der Waals surface area contributed by atoms with Gasteiger partial charge in [0, 0.05) is 30.6 Å². The van der Waals surface area contributed by atoms with Gasteiger partial charge in [0.15, 0.2) is 5.69 Å². The van der Waals surface area contributed by atoms with Gasteiger partial charge in [-0.1, -0.05) is 0 Å². The maximum Gasteiger partial charge on any atom is 0.414 e. The van der Waals surface area contributed by atoms with Crippen molar-refractivity contribution in [2.45, 2.75) is 33.3 Å². The number of hydrogen-bond acceptors (Lipinski definition) is 6. The first-order valence-corrected chi connectivity index (χ1v) is 8.12. The van der Waals surface area contributed by atoms with Crippen molar-refractivity contribution < 1.29 is 14.3 Å². The Labute approximate surface area is 148 Å². The van der Waals surface area contributed by atoms with Gasteiger partial charge in [-0.15, -0.1) is 0 Å². The average Bonchev–Trinajstić information content (AvgIpc) is 2.79. The fourth-order valence-corrected chi connectivity index (χ4v) is 2.56. The molecule has 0 radical (unpaired) electrons. The van der Waals surface area contributed by atoms with E-state index >= 15 is 0 Å². The van der Waals surface area contributed by atoms with Crippen molar-refractivity contribution in [3.8, 4) is 6.07 Å². The molecular formula is C18H24N4O3. The van der Waals surface area contributed by atoms with Crippen LogP contribution >= 0.6 is 0 Å².